The van der Waals surface area contributed by atoms with Crippen LogP contribution in [0.4, 0.5) is 15.8 Å². The van der Waals surface area contributed by atoms with Crippen molar-refractivity contribution in [1.82, 2.24) is 15.1 Å². The number of nitrogens with zero attached hydrogens (tertiary/aromatic N) is 2. The Balaban J connectivity index is 1.96. The highest BCUT2D eigenvalue weighted by Crippen LogP contribution is 2.34. The van der Waals surface area contributed by atoms with Crippen molar-refractivity contribution in [3.63, 3.8) is 0 Å². The van der Waals surface area contributed by atoms with Gasteiger partial charge in [0.15, 0.2) is 5.82 Å². The molecule has 12 heteroatoms. The molecule has 3 aromatic rings. The maximum Gasteiger partial charge on any atom is 0.277 e. The van der Waals surface area contributed by atoms with Crippen LogP contribution in [-0.4, -0.2) is 45.0 Å². The van der Waals surface area contributed by atoms with E-state index in [-0.39, 0.29) is 23.4 Å². The summed E-state index contributed by atoms with van der Waals surface area (Å²) in [7, 11) is 0. The van der Waals surface area contributed by atoms with Crippen LogP contribution in [0.2, 0.25) is 5.02 Å². The fourth-order valence-corrected chi connectivity index (χ4v) is 3.54. The summed E-state index contributed by atoms with van der Waals surface area (Å²) in [5.74, 6) is -1.54. The van der Waals surface area contributed by atoms with Gasteiger partial charge in [-0.25, -0.2) is 9.87 Å². The molecule has 0 radical (unpaired) electrons. The molecule has 1 heterocycles. The van der Waals surface area contributed by atoms with Gasteiger partial charge in [-0.1, -0.05) is 32.0 Å². The van der Waals surface area contributed by atoms with Crippen molar-refractivity contribution in [2.45, 2.75) is 6.10 Å². The zero-order valence-corrected chi connectivity index (χ0v) is 17.1. The number of rotatable bonds is 7. The van der Waals surface area contributed by atoms with Gasteiger partial charge in [0.25, 0.3) is 5.91 Å². The molecule has 4 N–H and O–H groups in total. The lowest BCUT2D eigenvalue weighted by molar-refractivity contribution is -0.0295. The van der Waals surface area contributed by atoms with Crippen molar-refractivity contribution in [2.24, 2.45) is 0 Å². The van der Waals surface area contributed by atoms with E-state index in [9.17, 15) is 9.90 Å². The van der Waals surface area contributed by atoms with E-state index in [0.717, 1.165) is 16.0 Å². The molecular formula is C16H13BrClFN4O4S. The van der Waals surface area contributed by atoms with E-state index in [2.05, 4.69) is 36.3 Å². The smallest absolute Gasteiger partial charge is 0.277 e. The molecule has 3 rings (SSSR count). The molecule has 0 aliphatic carbocycles. The lowest BCUT2D eigenvalue weighted by Gasteiger charge is -2.15. The Bertz CT molecular complexity index is 1020. The van der Waals surface area contributed by atoms with Crippen LogP contribution in [0.5, 0.6) is 0 Å². The maximum absolute atomic E-state index is 15.0. The minimum absolute atomic E-state index is 0.00825. The third-order valence-electron chi connectivity index (χ3n) is 3.57. The van der Waals surface area contributed by atoms with Crippen molar-refractivity contribution < 1.29 is 24.2 Å². The second kappa shape index (κ2) is 9.07. The molecule has 1 amide bonds. The molecule has 0 saturated heterocycles. The summed E-state index contributed by atoms with van der Waals surface area (Å²) in [4.78, 5) is 17.4. The van der Waals surface area contributed by atoms with Crippen LogP contribution < -0.4 is 10.8 Å². The molecule has 0 fully saturated rings. The third kappa shape index (κ3) is 4.57. The Kier molecular flexibility index (Phi) is 6.75. The second-order valence-electron chi connectivity index (χ2n) is 5.56. The number of hydrogen-bond donors (Lipinski definition) is 4. The Morgan fingerprint density at radius 1 is 1.43 bits per heavy atom. The minimum Gasteiger partial charge on any atom is -0.394 e. The predicted molar refractivity (Wildman–Crippen MR) is 106 cm³/mol. The average molecular weight is 492 g/mol. The highest BCUT2D eigenvalue weighted by molar-refractivity contribution is 9.10. The van der Waals surface area contributed by atoms with Crippen LogP contribution >= 0.6 is 39.1 Å². The van der Waals surface area contributed by atoms with Crippen LogP contribution in [0.25, 0.3) is 10.2 Å². The molecule has 2 aromatic carbocycles. The Morgan fingerprint density at radius 2 is 2.21 bits per heavy atom. The fourth-order valence-electron chi connectivity index (χ4n) is 2.22. The van der Waals surface area contributed by atoms with Gasteiger partial charge in [-0.3, -0.25) is 9.63 Å². The summed E-state index contributed by atoms with van der Waals surface area (Å²) >= 11 is 10.4. The quantitative estimate of drug-likeness (QED) is 0.375. The first kappa shape index (κ1) is 20.8. The van der Waals surface area contributed by atoms with Crippen LogP contribution in [0.15, 0.2) is 28.7 Å². The lowest BCUT2D eigenvalue weighted by atomic mass is 10.1. The van der Waals surface area contributed by atoms with Crippen molar-refractivity contribution >= 4 is 66.6 Å². The molecule has 0 saturated carbocycles. The molecular weight excluding hydrogens is 479 g/mol. The van der Waals surface area contributed by atoms with E-state index in [1.54, 1.807) is 18.2 Å². The number of hydrogen-bond acceptors (Lipinski definition) is 8. The Labute approximate surface area is 175 Å². The van der Waals surface area contributed by atoms with Crippen LogP contribution in [0, 0.1) is 5.82 Å². The summed E-state index contributed by atoms with van der Waals surface area (Å²) < 4.78 is 19.8. The summed E-state index contributed by atoms with van der Waals surface area (Å²) in [6.07, 6.45) is -1.16. The molecule has 8 nitrogen and oxygen atoms in total. The van der Waals surface area contributed by atoms with Gasteiger partial charge in [0.1, 0.15) is 18.2 Å². The number of nitrogens with one attached hydrogen (secondary N) is 2. The lowest BCUT2D eigenvalue weighted by Crippen LogP contribution is -2.30. The van der Waals surface area contributed by atoms with E-state index < -0.39 is 24.4 Å². The molecule has 1 aromatic heterocycles. The molecule has 1 atom stereocenters. The molecule has 1 unspecified atom stereocenters. The van der Waals surface area contributed by atoms with Crippen LogP contribution in [0.1, 0.15) is 10.4 Å². The standard InChI is InChI=1S/C16H13BrClFN4O4S/c17-7-1-2-11(10(18)3-7)20-14-9(16(26)22-27-6-8(25)5-24)4-12-15(13(14)19)21-23-28-12/h1-4,8,20,24-25H,5-6H2,(H,22,26). The number of fused-ring (bicyclic) bond motifs is 1. The van der Waals surface area contributed by atoms with E-state index in [1.807, 2.05) is 0 Å². The third-order valence-corrected chi connectivity index (χ3v) is 5.05. The molecule has 0 spiro atoms. The first-order valence-corrected chi connectivity index (χ1v) is 9.72. The number of halogens is 3. The number of benzene rings is 2. The number of aromatic nitrogens is 2. The highest BCUT2D eigenvalue weighted by Gasteiger charge is 2.22. The van der Waals surface area contributed by atoms with E-state index in [1.165, 1.54) is 6.07 Å². The van der Waals surface area contributed by atoms with E-state index in [4.69, 9.17) is 21.5 Å². The number of amides is 1. The van der Waals surface area contributed by atoms with Crippen molar-refractivity contribution in [3.8, 4) is 0 Å². The number of aliphatic hydroxyl groups is 2. The highest BCUT2D eigenvalue weighted by atomic mass is 79.9. The Morgan fingerprint density at radius 3 is 2.93 bits per heavy atom. The van der Waals surface area contributed by atoms with Crippen molar-refractivity contribution in [2.75, 3.05) is 18.5 Å². The summed E-state index contributed by atoms with van der Waals surface area (Å²) in [5, 5.41) is 24.9. The topological polar surface area (TPSA) is 117 Å². The average Bonchev–Trinajstić information content (AvgIpc) is 3.14. The summed E-state index contributed by atoms with van der Waals surface area (Å²) in [5.41, 5.74) is 2.25. The minimum atomic E-state index is -1.16. The van der Waals surface area contributed by atoms with Gasteiger partial charge in [-0.2, -0.15) is 0 Å². The zero-order valence-electron chi connectivity index (χ0n) is 13.9. The van der Waals surface area contributed by atoms with Crippen LogP contribution in [-0.2, 0) is 4.84 Å². The molecule has 0 aliphatic heterocycles. The number of carbonyl (C=O) groups is 1. The molecule has 0 bridgehead atoms. The molecule has 148 valence electrons. The number of anilines is 2. The van der Waals surface area contributed by atoms with Crippen LogP contribution in [0.3, 0.4) is 0 Å². The normalized spacial score (nSPS) is 12.2. The SMILES string of the molecule is O=C(NOCC(O)CO)c1cc2snnc2c(F)c1Nc1ccc(Br)cc1Cl. The second-order valence-corrected chi connectivity index (χ2v) is 7.67. The fraction of sp³-hybridized carbons (Fsp3) is 0.188. The summed E-state index contributed by atoms with van der Waals surface area (Å²) in [6.45, 7) is -0.867. The predicted octanol–water partition coefficient (Wildman–Crippen LogP) is 3.00. The maximum atomic E-state index is 15.0. The first-order chi connectivity index (χ1) is 13.4. The van der Waals surface area contributed by atoms with Gasteiger partial charge in [0.2, 0.25) is 0 Å². The Hall–Kier alpha value is -1.89. The van der Waals surface area contributed by atoms with Gasteiger partial charge in [0.05, 0.1) is 33.3 Å². The van der Waals surface area contributed by atoms with Gasteiger partial charge < -0.3 is 15.5 Å². The molecule has 0 aliphatic rings. The summed E-state index contributed by atoms with van der Waals surface area (Å²) in [6, 6.07) is 6.35. The first-order valence-electron chi connectivity index (χ1n) is 7.78. The van der Waals surface area contributed by atoms with Gasteiger partial charge >= 0.3 is 0 Å². The largest absolute Gasteiger partial charge is 0.394 e. The number of aliphatic hydroxyl groups excluding tert-OH is 2. The van der Waals surface area contributed by atoms with Crippen molar-refractivity contribution in [3.05, 3.63) is 45.1 Å². The van der Waals surface area contributed by atoms with E-state index >= 15 is 4.39 Å². The van der Waals surface area contributed by atoms with Gasteiger partial charge in [-0.15, -0.1) is 5.10 Å². The van der Waals surface area contributed by atoms with Crippen molar-refractivity contribution in [1.29, 1.82) is 0 Å². The molecule has 28 heavy (non-hydrogen) atoms. The van der Waals surface area contributed by atoms with E-state index in [0.29, 0.717) is 15.4 Å². The number of hydroxylamine groups is 1. The van der Waals surface area contributed by atoms with Gasteiger partial charge in [0, 0.05) is 4.47 Å². The van der Waals surface area contributed by atoms with Gasteiger partial charge in [-0.05, 0) is 35.8 Å². The number of carbonyl (C=O) groups excluding carboxylic acids is 1. The zero-order chi connectivity index (χ0) is 20.3. The monoisotopic (exact) mass is 490 g/mol.